The summed E-state index contributed by atoms with van der Waals surface area (Å²) in [5.41, 5.74) is 28.3. The molecule has 0 heterocycles. The van der Waals surface area contributed by atoms with E-state index >= 15 is 0 Å². The molecule has 60 heavy (non-hydrogen) atoms. The number of benzene rings is 4. The zero-order valence-corrected chi connectivity index (χ0v) is 44.9. The van der Waals surface area contributed by atoms with Crippen molar-refractivity contribution in [2.75, 3.05) is 0 Å². The Hall–Kier alpha value is -1.96. The molecule has 0 spiro atoms. The van der Waals surface area contributed by atoms with Crippen LogP contribution in [0.4, 0.5) is 0 Å². The number of hydrogen-bond acceptors (Lipinski definition) is 0. The maximum atomic E-state index is 2.76. The van der Waals surface area contributed by atoms with Gasteiger partial charge >= 0.3 is 364 Å². The number of halogens is 2. The number of rotatable bonds is 4. The average Bonchev–Trinajstić information content (AvgIpc) is 3.90. The molecular weight excluding hydrogens is 863 g/mol. The normalized spacial score (nSPS) is 18.1. The number of aryl methyl sites for hydroxylation is 2. The Balaban J connectivity index is 0.00000302. The van der Waals surface area contributed by atoms with E-state index in [0.717, 1.165) is 0 Å². The second-order valence-corrected chi connectivity index (χ2v) is 41.1. The first-order valence-electron chi connectivity index (χ1n) is 22.7. The van der Waals surface area contributed by atoms with Crippen molar-refractivity contribution in [3.05, 3.63) is 126 Å². The Morgan fingerprint density at radius 2 is 0.783 bits per heavy atom. The van der Waals surface area contributed by atoms with Gasteiger partial charge in [-0.2, -0.15) is 0 Å². The van der Waals surface area contributed by atoms with Gasteiger partial charge in [0.1, 0.15) is 0 Å². The quantitative estimate of drug-likeness (QED) is 0.179. The van der Waals surface area contributed by atoms with Gasteiger partial charge in [0.25, 0.3) is 0 Å². The van der Waals surface area contributed by atoms with Gasteiger partial charge in [-0.3, -0.25) is 0 Å². The van der Waals surface area contributed by atoms with Gasteiger partial charge in [-0.15, -0.1) is 0 Å². The molecule has 4 heteroatoms. The third-order valence-electron chi connectivity index (χ3n) is 14.3. The first-order chi connectivity index (χ1) is 26.9. The van der Waals surface area contributed by atoms with Crippen molar-refractivity contribution in [1.29, 1.82) is 0 Å². The van der Waals surface area contributed by atoms with Crippen LogP contribution in [-0.2, 0) is 67.7 Å². The Labute approximate surface area is 386 Å². The summed E-state index contributed by atoms with van der Waals surface area (Å²) in [6.07, 6.45) is 12.8. The number of fused-ring (bicyclic) bond motifs is 4. The van der Waals surface area contributed by atoms with Crippen LogP contribution in [0.1, 0.15) is 184 Å². The van der Waals surface area contributed by atoms with Crippen molar-refractivity contribution in [2.45, 2.75) is 177 Å². The second kappa shape index (κ2) is 16.5. The number of allylic oxidation sites excluding steroid dienone is 2. The first kappa shape index (κ1) is 47.5. The molecule has 2 unspecified atom stereocenters. The SMILES string of the molecule is CC1=Cc2c(cc3c(c2-c2cc(C(C)(C)C)cc(C(C)(C)C)c2)CCC3)[CH]1[Zr+2]([CH]1C(C)=Cc2c1cc1c(c2-c2cc(C(C)(C)C)cc(C(C)(C)C)c2)CCC1)=[Si](C)C.[Cl-].[Cl-]. The summed E-state index contributed by atoms with van der Waals surface area (Å²) in [5.74, 6) is 0. The smallest absolute Gasteiger partial charge is 1.00 e. The molecule has 0 fully saturated rings. The monoisotopic (exact) mass is 932 g/mol. The van der Waals surface area contributed by atoms with Crippen LogP contribution in [0.2, 0.25) is 13.1 Å². The van der Waals surface area contributed by atoms with Gasteiger partial charge in [-0.1, -0.05) is 0 Å². The van der Waals surface area contributed by atoms with Gasteiger partial charge < -0.3 is 24.8 Å². The molecule has 4 aromatic rings. The van der Waals surface area contributed by atoms with Crippen LogP contribution in [-0.4, -0.2) is 5.43 Å². The maximum Gasteiger partial charge on any atom is -1.00 e. The molecule has 0 bridgehead atoms. The summed E-state index contributed by atoms with van der Waals surface area (Å²) < 4.78 is 1.26. The fourth-order valence-electron chi connectivity index (χ4n) is 11.0. The van der Waals surface area contributed by atoms with Gasteiger partial charge in [-0.25, -0.2) is 0 Å². The van der Waals surface area contributed by atoms with Crippen LogP contribution in [0.5, 0.6) is 0 Å². The standard InChI is InChI=1S/2C27H33.C2H6Si.2ClH.Zr/c2*1-17-11-19-13-18-9-8-10-23(18)25(24(19)12-17)20-14-21(26(2,3)4)16-22(15-20)27(5,6)7;1-3-2;;;/h2*11-16H,8-10H2,1-7H3;1-2H3;2*1H;/q;;;;;+2/p-2. The summed E-state index contributed by atoms with van der Waals surface area (Å²) in [6.45, 7) is 39.2. The molecule has 0 aromatic heterocycles. The molecule has 0 N–H and O–H groups in total. The fraction of sp³-hybridized carbons (Fsp3) is 0.500. The van der Waals surface area contributed by atoms with Gasteiger partial charge in [0.2, 0.25) is 0 Å². The maximum absolute atomic E-state index is 2.76. The molecule has 4 aromatic carbocycles. The molecule has 0 saturated carbocycles. The zero-order valence-electron chi connectivity index (χ0n) is 39.9. The van der Waals surface area contributed by atoms with E-state index in [1.54, 1.807) is 66.8 Å². The van der Waals surface area contributed by atoms with E-state index in [-0.39, 0.29) is 46.5 Å². The van der Waals surface area contributed by atoms with Crippen molar-refractivity contribution < 1.29 is 45.2 Å². The molecule has 8 rings (SSSR count). The molecular formula is C56H72Cl2SiZr. The Kier molecular flexibility index (Phi) is 13.1. The molecule has 2 atom stereocenters. The van der Waals surface area contributed by atoms with E-state index < -0.39 is 25.8 Å². The van der Waals surface area contributed by atoms with Crippen molar-refractivity contribution in [1.82, 2.24) is 0 Å². The van der Waals surface area contributed by atoms with Gasteiger partial charge in [0, 0.05) is 0 Å². The molecule has 4 aliphatic carbocycles. The average molecular weight is 935 g/mol. The molecule has 0 nitrogen and oxygen atoms in total. The minimum absolute atomic E-state index is 0. The van der Waals surface area contributed by atoms with Crippen molar-refractivity contribution >= 4 is 17.6 Å². The van der Waals surface area contributed by atoms with E-state index in [9.17, 15) is 0 Å². The zero-order chi connectivity index (χ0) is 42.0. The van der Waals surface area contributed by atoms with Crippen LogP contribution in [0.15, 0.2) is 59.7 Å². The predicted molar refractivity (Wildman–Crippen MR) is 253 cm³/mol. The van der Waals surface area contributed by atoms with Gasteiger partial charge in [0.15, 0.2) is 0 Å². The molecule has 0 radical (unpaired) electrons. The molecule has 0 aliphatic heterocycles. The summed E-state index contributed by atoms with van der Waals surface area (Å²) in [5, 5.41) is 0. The number of hydrogen-bond donors (Lipinski definition) is 0. The Morgan fingerprint density at radius 1 is 0.467 bits per heavy atom. The second-order valence-electron chi connectivity index (χ2n) is 23.2. The largest absolute Gasteiger partial charge is 1.00 e. The van der Waals surface area contributed by atoms with E-state index in [0.29, 0.717) is 7.25 Å². The van der Waals surface area contributed by atoms with Crippen molar-refractivity contribution in [3.8, 4) is 22.3 Å². The predicted octanol–water partition coefficient (Wildman–Crippen LogP) is 9.68. The van der Waals surface area contributed by atoms with E-state index in [4.69, 9.17) is 0 Å². The van der Waals surface area contributed by atoms with E-state index in [2.05, 4.69) is 171 Å². The Bertz CT molecular complexity index is 2250. The summed E-state index contributed by atoms with van der Waals surface area (Å²) in [7, 11) is 0. The van der Waals surface area contributed by atoms with E-state index in [1.165, 1.54) is 71.9 Å². The van der Waals surface area contributed by atoms with Gasteiger partial charge in [-0.05, 0) is 0 Å². The fourth-order valence-corrected chi connectivity index (χ4v) is 31.6. The van der Waals surface area contributed by atoms with Crippen LogP contribution < -0.4 is 24.8 Å². The summed E-state index contributed by atoms with van der Waals surface area (Å²) >= 11 is -2.32. The first-order valence-corrected chi connectivity index (χ1v) is 31.7. The van der Waals surface area contributed by atoms with Crippen LogP contribution in [0, 0.1) is 0 Å². The summed E-state index contributed by atoms with van der Waals surface area (Å²) in [6, 6.07) is 20.9. The topological polar surface area (TPSA) is 0 Å². The van der Waals surface area contributed by atoms with Crippen LogP contribution in [0.3, 0.4) is 0 Å². The third kappa shape index (κ3) is 8.41. The molecule has 318 valence electrons. The van der Waals surface area contributed by atoms with Crippen molar-refractivity contribution in [3.63, 3.8) is 0 Å². The third-order valence-corrected chi connectivity index (χ3v) is 34.2. The van der Waals surface area contributed by atoms with E-state index in [1.807, 2.05) is 0 Å². The molecule has 0 saturated heterocycles. The van der Waals surface area contributed by atoms with Gasteiger partial charge in [0.05, 0.1) is 0 Å². The molecule has 0 amide bonds. The Morgan fingerprint density at radius 3 is 1.07 bits per heavy atom. The molecule has 4 aliphatic rings. The summed E-state index contributed by atoms with van der Waals surface area (Å²) in [4.78, 5) is 0. The minimum atomic E-state index is -2.32. The van der Waals surface area contributed by atoms with Crippen LogP contribution in [0.25, 0.3) is 34.4 Å². The minimum Gasteiger partial charge on any atom is -1.00 e. The van der Waals surface area contributed by atoms with Crippen LogP contribution >= 0.6 is 0 Å². The van der Waals surface area contributed by atoms with Crippen molar-refractivity contribution in [2.24, 2.45) is 0 Å².